The molecule has 1 atom stereocenters. The summed E-state index contributed by atoms with van der Waals surface area (Å²) in [4.78, 5) is 13.8. The van der Waals surface area contributed by atoms with Crippen LogP contribution in [0.25, 0.3) is 11.3 Å². The quantitative estimate of drug-likeness (QED) is 0.866. The van der Waals surface area contributed by atoms with Crippen LogP contribution in [0.1, 0.15) is 24.9 Å². The maximum Gasteiger partial charge on any atom is 0.246 e. The highest BCUT2D eigenvalue weighted by atomic mass is 35.5. The molecule has 1 amide bonds. The predicted molar refractivity (Wildman–Crippen MR) is 85.4 cm³/mol. The number of aromatic nitrogens is 2. The van der Waals surface area contributed by atoms with Gasteiger partial charge in [0.2, 0.25) is 5.91 Å². The molecule has 0 spiro atoms. The molecule has 1 aromatic carbocycles. The van der Waals surface area contributed by atoms with Crippen LogP contribution in [0.5, 0.6) is 0 Å². The zero-order valence-electron chi connectivity index (χ0n) is 12.8. The summed E-state index contributed by atoms with van der Waals surface area (Å²) in [5, 5.41) is 5.12. The molecule has 0 radical (unpaired) electrons. The molecule has 0 bridgehead atoms. The van der Waals surface area contributed by atoms with Gasteiger partial charge in [0.1, 0.15) is 11.7 Å². The van der Waals surface area contributed by atoms with E-state index in [0.29, 0.717) is 11.4 Å². The number of hydrogen-bond donors (Lipinski definition) is 0. The number of halogens is 1. The molecule has 4 nitrogen and oxygen atoms in total. The van der Waals surface area contributed by atoms with E-state index >= 15 is 0 Å². The van der Waals surface area contributed by atoms with Crippen LogP contribution in [0.4, 0.5) is 0 Å². The first-order valence-corrected chi connectivity index (χ1v) is 7.35. The Morgan fingerprint density at radius 2 is 2.05 bits per heavy atom. The maximum absolute atomic E-state index is 12.2. The molecule has 21 heavy (non-hydrogen) atoms. The Hall–Kier alpha value is -1.81. The number of hydrogen-bond acceptors (Lipinski definition) is 2. The highest BCUT2D eigenvalue weighted by Crippen LogP contribution is 2.30. The number of likely N-dealkylation sites (N-methyl/N-ethyl adjacent to an activating group) is 1. The van der Waals surface area contributed by atoms with Crippen LogP contribution in [0.2, 0.25) is 5.02 Å². The van der Waals surface area contributed by atoms with Gasteiger partial charge in [0.15, 0.2) is 0 Å². The van der Waals surface area contributed by atoms with Gasteiger partial charge >= 0.3 is 0 Å². The second kappa shape index (κ2) is 6.31. The van der Waals surface area contributed by atoms with Crippen LogP contribution in [0.15, 0.2) is 30.5 Å². The third-order valence-electron chi connectivity index (χ3n) is 3.52. The Kier molecular flexibility index (Phi) is 4.68. The SMILES string of the molecule is CCC(C(=O)N(C)C)n1cc(Cl)c(-c2ccccc2C)n1. The average molecular weight is 306 g/mol. The molecule has 0 aliphatic carbocycles. The van der Waals surface area contributed by atoms with Gasteiger partial charge in [0, 0.05) is 25.9 Å². The number of nitrogens with zero attached hydrogens (tertiary/aromatic N) is 3. The van der Waals surface area contributed by atoms with Gasteiger partial charge in [-0.2, -0.15) is 5.10 Å². The zero-order chi connectivity index (χ0) is 15.6. The molecule has 2 aromatic rings. The summed E-state index contributed by atoms with van der Waals surface area (Å²) in [5.41, 5.74) is 2.82. The first kappa shape index (κ1) is 15.6. The van der Waals surface area contributed by atoms with E-state index in [1.165, 1.54) is 0 Å². The van der Waals surface area contributed by atoms with E-state index in [9.17, 15) is 4.79 Å². The molecule has 1 heterocycles. The second-order valence-corrected chi connectivity index (χ2v) is 5.68. The molecule has 1 unspecified atom stereocenters. The number of aryl methyl sites for hydroxylation is 1. The number of benzene rings is 1. The Labute approximate surface area is 130 Å². The fourth-order valence-corrected chi connectivity index (χ4v) is 2.56. The first-order valence-electron chi connectivity index (χ1n) is 6.97. The number of amides is 1. The van der Waals surface area contributed by atoms with Crippen molar-refractivity contribution in [1.29, 1.82) is 0 Å². The van der Waals surface area contributed by atoms with Crippen molar-refractivity contribution in [1.82, 2.24) is 14.7 Å². The van der Waals surface area contributed by atoms with E-state index in [1.807, 2.05) is 38.1 Å². The van der Waals surface area contributed by atoms with E-state index in [2.05, 4.69) is 5.10 Å². The van der Waals surface area contributed by atoms with E-state index in [0.717, 1.165) is 16.8 Å². The molecule has 2 rings (SSSR count). The van der Waals surface area contributed by atoms with Gasteiger partial charge < -0.3 is 4.90 Å². The molecule has 112 valence electrons. The molecule has 1 aromatic heterocycles. The van der Waals surface area contributed by atoms with Crippen LogP contribution in [-0.4, -0.2) is 34.7 Å². The van der Waals surface area contributed by atoms with Gasteiger partial charge in [0.05, 0.1) is 5.02 Å². The van der Waals surface area contributed by atoms with Crippen LogP contribution < -0.4 is 0 Å². The summed E-state index contributed by atoms with van der Waals surface area (Å²) in [6.07, 6.45) is 2.40. The van der Waals surface area contributed by atoms with Gasteiger partial charge in [-0.1, -0.05) is 42.8 Å². The molecule has 0 saturated heterocycles. The Balaban J connectivity index is 2.44. The lowest BCUT2D eigenvalue weighted by atomic mass is 10.1. The van der Waals surface area contributed by atoms with Crippen molar-refractivity contribution in [2.24, 2.45) is 0 Å². The topological polar surface area (TPSA) is 38.1 Å². The van der Waals surface area contributed by atoms with Crippen molar-refractivity contribution in [3.63, 3.8) is 0 Å². The molecule has 0 saturated carbocycles. The lowest BCUT2D eigenvalue weighted by Crippen LogP contribution is -2.31. The molecular weight excluding hydrogens is 286 g/mol. The summed E-state index contributed by atoms with van der Waals surface area (Å²) in [5.74, 6) is 0.0213. The minimum absolute atomic E-state index is 0.0213. The monoisotopic (exact) mass is 305 g/mol. The van der Waals surface area contributed by atoms with E-state index in [1.54, 1.807) is 29.9 Å². The number of rotatable bonds is 4. The van der Waals surface area contributed by atoms with Crippen molar-refractivity contribution < 1.29 is 4.79 Å². The molecule has 0 fully saturated rings. The second-order valence-electron chi connectivity index (χ2n) is 5.28. The van der Waals surface area contributed by atoms with Crippen LogP contribution >= 0.6 is 11.6 Å². The highest BCUT2D eigenvalue weighted by molar-refractivity contribution is 6.33. The minimum Gasteiger partial charge on any atom is -0.347 e. The van der Waals surface area contributed by atoms with Crippen molar-refractivity contribution >= 4 is 17.5 Å². The normalized spacial score (nSPS) is 12.2. The molecule has 0 aliphatic heterocycles. The van der Waals surface area contributed by atoms with Gasteiger partial charge in [-0.15, -0.1) is 0 Å². The largest absolute Gasteiger partial charge is 0.347 e. The fourth-order valence-electron chi connectivity index (χ4n) is 2.32. The summed E-state index contributed by atoms with van der Waals surface area (Å²) in [6, 6.07) is 7.62. The third-order valence-corrected chi connectivity index (χ3v) is 3.80. The van der Waals surface area contributed by atoms with E-state index < -0.39 is 0 Å². The molecular formula is C16H20ClN3O. The van der Waals surface area contributed by atoms with Crippen molar-refractivity contribution in [2.45, 2.75) is 26.3 Å². The Bertz CT molecular complexity index is 649. The lowest BCUT2D eigenvalue weighted by molar-refractivity contribution is -0.132. The fraction of sp³-hybridized carbons (Fsp3) is 0.375. The molecule has 0 aliphatic rings. The van der Waals surface area contributed by atoms with Crippen molar-refractivity contribution in [2.75, 3.05) is 14.1 Å². The van der Waals surface area contributed by atoms with E-state index in [-0.39, 0.29) is 11.9 Å². The van der Waals surface area contributed by atoms with Crippen molar-refractivity contribution in [3.8, 4) is 11.3 Å². The van der Waals surface area contributed by atoms with E-state index in [4.69, 9.17) is 11.6 Å². The highest BCUT2D eigenvalue weighted by Gasteiger charge is 2.23. The van der Waals surface area contributed by atoms with Crippen molar-refractivity contribution in [3.05, 3.63) is 41.0 Å². The predicted octanol–water partition coefficient (Wildman–Crippen LogP) is 3.55. The smallest absolute Gasteiger partial charge is 0.246 e. The van der Waals surface area contributed by atoms with Gasteiger partial charge in [0.25, 0.3) is 0 Å². The summed E-state index contributed by atoms with van der Waals surface area (Å²) >= 11 is 6.33. The van der Waals surface area contributed by atoms with Crippen LogP contribution in [-0.2, 0) is 4.79 Å². The summed E-state index contributed by atoms with van der Waals surface area (Å²) in [6.45, 7) is 3.99. The zero-order valence-corrected chi connectivity index (χ0v) is 13.6. The van der Waals surface area contributed by atoms with Gasteiger partial charge in [-0.05, 0) is 18.9 Å². The molecule has 5 heteroatoms. The van der Waals surface area contributed by atoms with Gasteiger partial charge in [-0.25, -0.2) is 0 Å². The average Bonchev–Trinajstić information content (AvgIpc) is 2.81. The van der Waals surface area contributed by atoms with Crippen LogP contribution in [0, 0.1) is 6.92 Å². The summed E-state index contributed by atoms with van der Waals surface area (Å²) in [7, 11) is 3.50. The number of carbonyl (C=O) groups excluding carboxylic acids is 1. The standard InChI is InChI=1S/C16H20ClN3O/c1-5-14(16(21)19(3)4)20-10-13(17)15(18-20)12-9-7-6-8-11(12)2/h6-10,14H,5H2,1-4H3. The Morgan fingerprint density at radius 1 is 1.38 bits per heavy atom. The minimum atomic E-state index is -0.324. The summed E-state index contributed by atoms with van der Waals surface area (Å²) < 4.78 is 1.67. The maximum atomic E-state index is 12.2. The lowest BCUT2D eigenvalue weighted by Gasteiger charge is -2.19. The number of carbonyl (C=O) groups is 1. The third kappa shape index (κ3) is 3.10. The Morgan fingerprint density at radius 3 is 2.62 bits per heavy atom. The molecule has 0 N–H and O–H groups in total. The first-order chi connectivity index (χ1) is 9.95. The van der Waals surface area contributed by atoms with Gasteiger partial charge in [-0.3, -0.25) is 9.48 Å². The van der Waals surface area contributed by atoms with Crippen LogP contribution in [0.3, 0.4) is 0 Å².